The minimum absolute atomic E-state index is 0.337. The Morgan fingerprint density at radius 1 is 1.24 bits per heavy atom. The number of hydrogen-bond acceptors (Lipinski definition) is 7. The Hall–Kier alpha value is -1.63. The number of nitrogens with one attached hydrogen (secondary N) is 1. The summed E-state index contributed by atoms with van der Waals surface area (Å²) in [6, 6.07) is 0.337. The number of aromatic nitrogens is 3. The van der Waals surface area contributed by atoms with Crippen molar-refractivity contribution in [3.05, 3.63) is 0 Å². The van der Waals surface area contributed by atoms with Crippen molar-refractivity contribution < 1.29 is 4.74 Å². The van der Waals surface area contributed by atoms with Crippen LogP contribution in [0.1, 0.15) is 27.2 Å². The summed E-state index contributed by atoms with van der Waals surface area (Å²) in [7, 11) is 2.01. The summed E-state index contributed by atoms with van der Waals surface area (Å²) >= 11 is 0. The van der Waals surface area contributed by atoms with E-state index in [2.05, 4.69) is 50.8 Å². The third-order valence-corrected chi connectivity index (χ3v) is 3.53. The largest absolute Gasteiger partial charge is 0.378 e. The van der Waals surface area contributed by atoms with Gasteiger partial charge in [0, 0.05) is 32.7 Å². The minimum atomic E-state index is 0.337. The molecule has 1 saturated heterocycles. The molecule has 1 aromatic rings. The van der Waals surface area contributed by atoms with Crippen molar-refractivity contribution in [2.24, 2.45) is 0 Å². The molecule has 0 spiro atoms. The van der Waals surface area contributed by atoms with E-state index < -0.39 is 0 Å². The van der Waals surface area contributed by atoms with Gasteiger partial charge in [-0.2, -0.15) is 15.0 Å². The number of ether oxygens (including phenoxy) is 1. The van der Waals surface area contributed by atoms with Gasteiger partial charge in [0.05, 0.1) is 13.2 Å². The second-order valence-corrected chi connectivity index (χ2v) is 5.49. The zero-order valence-electron chi connectivity index (χ0n) is 13.5. The molecule has 7 nitrogen and oxygen atoms in total. The smallest absolute Gasteiger partial charge is 0.232 e. The second kappa shape index (κ2) is 7.40. The van der Waals surface area contributed by atoms with Crippen molar-refractivity contribution >= 4 is 17.8 Å². The van der Waals surface area contributed by atoms with Crippen LogP contribution in [-0.4, -0.2) is 60.9 Å². The van der Waals surface area contributed by atoms with E-state index in [1.54, 1.807) is 0 Å². The van der Waals surface area contributed by atoms with E-state index in [4.69, 9.17) is 4.74 Å². The molecule has 2 rings (SSSR count). The molecule has 0 aromatic carbocycles. The van der Waals surface area contributed by atoms with Gasteiger partial charge in [-0.05, 0) is 20.3 Å². The SMILES string of the molecule is CCCNc1nc(N2CCOCC2)nc(N(C)C(C)C)n1. The van der Waals surface area contributed by atoms with Crippen LogP contribution in [-0.2, 0) is 4.74 Å². The van der Waals surface area contributed by atoms with Crippen molar-refractivity contribution in [1.82, 2.24) is 15.0 Å². The maximum Gasteiger partial charge on any atom is 0.232 e. The van der Waals surface area contributed by atoms with Crippen LogP contribution in [0.15, 0.2) is 0 Å². The molecule has 0 saturated carbocycles. The van der Waals surface area contributed by atoms with Crippen LogP contribution in [0, 0.1) is 0 Å². The molecule has 0 unspecified atom stereocenters. The summed E-state index contributed by atoms with van der Waals surface area (Å²) in [5.41, 5.74) is 0. The summed E-state index contributed by atoms with van der Waals surface area (Å²) in [5.74, 6) is 2.09. The standard InChI is InChI=1S/C14H26N6O/c1-5-6-15-12-16-13(19(4)11(2)3)18-14(17-12)20-7-9-21-10-8-20/h11H,5-10H2,1-4H3,(H,15,16,17,18). The highest BCUT2D eigenvalue weighted by Gasteiger charge is 2.18. The van der Waals surface area contributed by atoms with Gasteiger partial charge in [-0.3, -0.25) is 0 Å². The van der Waals surface area contributed by atoms with E-state index in [-0.39, 0.29) is 0 Å². The summed E-state index contributed by atoms with van der Waals surface area (Å²) in [6.07, 6.45) is 1.04. The summed E-state index contributed by atoms with van der Waals surface area (Å²) < 4.78 is 5.39. The molecule has 0 atom stereocenters. The first-order valence-corrected chi connectivity index (χ1v) is 7.67. The quantitative estimate of drug-likeness (QED) is 0.850. The molecule has 21 heavy (non-hydrogen) atoms. The van der Waals surface area contributed by atoms with Crippen molar-refractivity contribution in [3.63, 3.8) is 0 Å². The Morgan fingerprint density at radius 2 is 1.95 bits per heavy atom. The van der Waals surface area contributed by atoms with Crippen LogP contribution < -0.4 is 15.1 Å². The van der Waals surface area contributed by atoms with E-state index >= 15 is 0 Å². The van der Waals surface area contributed by atoms with Crippen LogP contribution in [0.2, 0.25) is 0 Å². The first-order valence-electron chi connectivity index (χ1n) is 7.67. The molecule has 1 N–H and O–H groups in total. The van der Waals surface area contributed by atoms with Gasteiger partial charge in [-0.15, -0.1) is 0 Å². The lowest BCUT2D eigenvalue weighted by Crippen LogP contribution is -2.38. The number of morpholine rings is 1. The lowest BCUT2D eigenvalue weighted by Gasteiger charge is -2.28. The van der Waals surface area contributed by atoms with Gasteiger partial charge in [0.25, 0.3) is 0 Å². The molecule has 0 bridgehead atoms. The maximum atomic E-state index is 5.39. The fraction of sp³-hybridized carbons (Fsp3) is 0.786. The molecule has 7 heteroatoms. The van der Waals surface area contributed by atoms with Gasteiger partial charge in [0.2, 0.25) is 17.8 Å². The normalized spacial score (nSPS) is 15.4. The molecular weight excluding hydrogens is 268 g/mol. The fourth-order valence-electron chi connectivity index (χ4n) is 1.96. The number of hydrogen-bond donors (Lipinski definition) is 1. The first-order chi connectivity index (χ1) is 10.1. The van der Waals surface area contributed by atoms with E-state index in [1.807, 2.05) is 7.05 Å². The Bertz CT molecular complexity index is 447. The van der Waals surface area contributed by atoms with E-state index in [1.165, 1.54) is 0 Å². The highest BCUT2D eigenvalue weighted by Crippen LogP contribution is 2.18. The average molecular weight is 294 g/mol. The Balaban J connectivity index is 2.26. The van der Waals surface area contributed by atoms with Gasteiger partial charge in [0.15, 0.2) is 0 Å². The van der Waals surface area contributed by atoms with Gasteiger partial charge < -0.3 is 19.9 Å². The van der Waals surface area contributed by atoms with Gasteiger partial charge >= 0.3 is 0 Å². The molecule has 0 aliphatic carbocycles. The molecule has 2 heterocycles. The van der Waals surface area contributed by atoms with Gasteiger partial charge in [-0.25, -0.2) is 0 Å². The van der Waals surface area contributed by atoms with Crippen molar-refractivity contribution in [2.75, 3.05) is 55.0 Å². The van der Waals surface area contributed by atoms with E-state index in [0.717, 1.165) is 45.2 Å². The highest BCUT2D eigenvalue weighted by molar-refractivity contribution is 5.45. The lowest BCUT2D eigenvalue weighted by molar-refractivity contribution is 0.122. The predicted octanol–water partition coefficient (Wildman–Crippen LogP) is 1.37. The molecule has 1 aliphatic rings. The van der Waals surface area contributed by atoms with E-state index in [0.29, 0.717) is 17.9 Å². The molecule has 0 radical (unpaired) electrons. The minimum Gasteiger partial charge on any atom is -0.378 e. The number of nitrogens with zero attached hydrogens (tertiary/aromatic N) is 5. The highest BCUT2D eigenvalue weighted by atomic mass is 16.5. The van der Waals surface area contributed by atoms with Gasteiger partial charge in [0.1, 0.15) is 0 Å². The van der Waals surface area contributed by atoms with Crippen LogP contribution >= 0.6 is 0 Å². The van der Waals surface area contributed by atoms with Crippen LogP contribution in [0.3, 0.4) is 0 Å². The van der Waals surface area contributed by atoms with Crippen LogP contribution in [0.4, 0.5) is 17.8 Å². The Kier molecular flexibility index (Phi) is 5.55. The number of anilines is 3. The second-order valence-electron chi connectivity index (χ2n) is 5.49. The molecule has 1 aromatic heterocycles. The summed E-state index contributed by atoms with van der Waals surface area (Å²) in [4.78, 5) is 17.9. The average Bonchev–Trinajstić information content (AvgIpc) is 2.52. The third kappa shape index (κ3) is 4.17. The fourth-order valence-corrected chi connectivity index (χ4v) is 1.96. The number of rotatable bonds is 6. The first kappa shape index (κ1) is 15.8. The summed E-state index contributed by atoms with van der Waals surface area (Å²) in [5, 5.41) is 3.26. The van der Waals surface area contributed by atoms with Crippen LogP contribution in [0.25, 0.3) is 0 Å². The maximum absolute atomic E-state index is 5.39. The zero-order valence-corrected chi connectivity index (χ0v) is 13.5. The monoisotopic (exact) mass is 294 g/mol. The Morgan fingerprint density at radius 3 is 2.57 bits per heavy atom. The lowest BCUT2D eigenvalue weighted by atomic mass is 10.4. The van der Waals surface area contributed by atoms with Gasteiger partial charge in [-0.1, -0.05) is 6.92 Å². The molecule has 1 fully saturated rings. The predicted molar refractivity (Wildman–Crippen MR) is 85.2 cm³/mol. The topological polar surface area (TPSA) is 66.4 Å². The molecule has 1 aliphatic heterocycles. The van der Waals surface area contributed by atoms with E-state index in [9.17, 15) is 0 Å². The Labute approximate surface area is 126 Å². The van der Waals surface area contributed by atoms with Crippen molar-refractivity contribution in [3.8, 4) is 0 Å². The zero-order chi connectivity index (χ0) is 15.2. The van der Waals surface area contributed by atoms with Crippen LogP contribution in [0.5, 0.6) is 0 Å². The van der Waals surface area contributed by atoms with Crippen molar-refractivity contribution in [2.45, 2.75) is 33.2 Å². The summed E-state index contributed by atoms with van der Waals surface area (Å²) in [6.45, 7) is 10.3. The third-order valence-electron chi connectivity index (χ3n) is 3.53. The molecular formula is C14H26N6O. The molecule has 118 valence electrons. The van der Waals surface area contributed by atoms with Crippen molar-refractivity contribution in [1.29, 1.82) is 0 Å². The molecule has 0 amide bonds.